The quantitative estimate of drug-likeness (QED) is 0.726. The lowest BCUT2D eigenvalue weighted by molar-refractivity contribution is -0.131. The van der Waals surface area contributed by atoms with Gasteiger partial charge in [0.2, 0.25) is 15.9 Å². The maximum atomic E-state index is 12.4. The molecule has 156 valence electrons. The van der Waals surface area contributed by atoms with Crippen molar-refractivity contribution in [3.8, 4) is 0 Å². The number of hydrogen-bond acceptors (Lipinski definition) is 5. The number of aryl methyl sites for hydroxylation is 2. The summed E-state index contributed by atoms with van der Waals surface area (Å²) in [6.45, 7) is 4.75. The smallest absolute Gasteiger partial charge is 0.251 e. The molecule has 2 N–H and O–H groups in total. The number of carbonyl (C=O) groups is 2. The van der Waals surface area contributed by atoms with Crippen LogP contribution in [0.25, 0.3) is 0 Å². The summed E-state index contributed by atoms with van der Waals surface area (Å²) >= 11 is 1.18. The molecule has 1 aromatic heterocycles. The number of nitrogens with zero attached hydrogens (tertiary/aromatic N) is 1. The van der Waals surface area contributed by atoms with Gasteiger partial charge in [-0.2, -0.15) is 0 Å². The summed E-state index contributed by atoms with van der Waals surface area (Å²) in [7, 11) is -3.51. The van der Waals surface area contributed by atoms with E-state index in [2.05, 4.69) is 10.0 Å². The Bertz CT molecular complexity index is 979. The number of sulfonamides is 1. The number of amides is 2. The van der Waals surface area contributed by atoms with E-state index >= 15 is 0 Å². The zero-order valence-electron chi connectivity index (χ0n) is 16.5. The van der Waals surface area contributed by atoms with Gasteiger partial charge in [0.15, 0.2) is 0 Å². The molecular formula is C20H25N3O4S2. The van der Waals surface area contributed by atoms with Gasteiger partial charge >= 0.3 is 0 Å². The minimum Gasteiger partial charge on any atom is -0.343 e. The summed E-state index contributed by atoms with van der Waals surface area (Å²) in [5.41, 5.74) is 2.66. The summed E-state index contributed by atoms with van der Waals surface area (Å²) in [6.07, 6.45) is 1.09. The molecule has 3 rings (SSSR count). The molecule has 0 bridgehead atoms. The molecule has 0 radical (unpaired) electrons. The third-order valence-corrected chi connectivity index (χ3v) is 8.02. The van der Waals surface area contributed by atoms with E-state index in [4.69, 9.17) is 0 Å². The van der Waals surface area contributed by atoms with Crippen molar-refractivity contribution in [2.45, 2.75) is 36.9 Å². The summed E-state index contributed by atoms with van der Waals surface area (Å²) in [5.74, 6) is -0.443. The van der Waals surface area contributed by atoms with Gasteiger partial charge < -0.3 is 10.2 Å². The maximum absolute atomic E-state index is 12.4. The number of hydrogen-bond donors (Lipinski definition) is 2. The van der Waals surface area contributed by atoms with Crippen LogP contribution in [0.15, 0.2) is 39.9 Å². The second-order valence-corrected chi connectivity index (χ2v) is 10.1. The monoisotopic (exact) mass is 435 g/mol. The van der Waals surface area contributed by atoms with E-state index in [1.165, 1.54) is 11.3 Å². The number of thiophene rings is 1. The Kier molecular flexibility index (Phi) is 6.71. The van der Waals surface area contributed by atoms with Crippen LogP contribution >= 0.6 is 11.3 Å². The van der Waals surface area contributed by atoms with Crippen molar-refractivity contribution in [2.75, 3.05) is 19.6 Å². The molecule has 7 nitrogen and oxygen atoms in total. The van der Waals surface area contributed by atoms with Gasteiger partial charge in [-0.05, 0) is 61.4 Å². The van der Waals surface area contributed by atoms with Gasteiger partial charge in [-0.25, -0.2) is 13.1 Å². The Morgan fingerprint density at radius 3 is 2.48 bits per heavy atom. The van der Waals surface area contributed by atoms with Crippen LogP contribution in [0, 0.1) is 13.8 Å². The fourth-order valence-electron chi connectivity index (χ4n) is 3.19. The standard InChI is InChI=1S/C20H25N3O4S2/c1-14-5-6-16(12-15(14)2)20(25)21-13-18(24)23-9-7-17(8-10-23)22-29(26,27)19-4-3-11-28-19/h3-6,11-12,17,22H,7-10,13H2,1-2H3,(H,21,25). The Balaban J connectivity index is 1.46. The molecule has 29 heavy (non-hydrogen) atoms. The van der Waals surface area contributed by atoms with Crippen LogP contribution in [-0.2, 0) is 14.8 Å². The van der Waals surface area contributed by atoms with E-state index < -0.39 is 10.0 Å². The van der Waals surface area contributed by atoms with Crippen LogP contribution in [0.2, 0.25) is 0 Å². The molecule has 1 saturated heterocycles. The fourth-order valence-corrected chi connectivity index (χ4v) is 5.51. The van der Waals surface area contributed by atoms with Crippen LogP contribution in [0.1, 0.15) is 34.3 Å². The van der Waals surface area contributed by atoms with Crippen molar-refractivity contribution >= 4 is 33.2 Å². The zero-order valence-corrected chi connectivity index (χ0v) is 18.1. The number of carbonyl (C=O) groups excluding carboxylic acids is 2. The molecule has 0 saturated carbocycles. The van der Waals surface area contributed by atoms with Gasteiger partial charge in [0.25, 0.3) is 5.91 Å². The normalized spacial score (nSPS) is 15.3. The van der Waals surface area contributed by atoms with Gasteiger partial charge in [-0.3, -0.25) is 9.59 Å². The molecule has 1 aromatic carbocycles. The van der Waals surface area contributed by atoms with Gasteiger partial charge in [0.05, 0.1) is 6.54 Å². The number of benzene rings is 1. The SMILES string of the molecule is Cc1ccc(C(=O)NCC(=O)N2CCC(NS(=O)(=O)c3cccs3)CC2)cc1C. The van der Waals surface area contributed by atoms with E-state index in [1.807, 2.05) is 19.9 Å². The van der Waals surface area contributed by atoms with Crippen LogP contribution in [0.3, 0.4) is 0 Å². The van der Waals surface area contributed by atoms with Crippen molar-refractivity contribution in [1.82, 2.24) is 14.9 Å². The van der Waals surface area contributed by atoms with E-state index in [0.29, 0.717) is 35.7 Å². The summed E-state index contributed by atoms with van der Waals surface area (Å²) in [4.78, 5) is 26.3. The summed E-state index contributed by atoms with van der Waals surface area (Å²) in [6, 6.07) is 8.51. The average molecular weight is 436 g/mol. The molecular weight excluding hydrogens is 410 g/mol. The number of likely N-dealkylation sites (tertiary alicyclic amines) is 1. The largest absolute Gasteiger partial charge is 0.343 e. The first kappa shape index (κ1) is 21.5. The number of rotatable bonds is 6. The molecule has 1 aliphatic heterocycles. The topological polar surface area (TPSA) is 95.6 Å². The minimum atomic E-state index is -3.51. The fraction of sp³-hybridized carbons (Fsp3) is 0.400. The van der Waals surface area contributed by atoms with Crippen LogP contribution in [0.5, 0.6) is 0 Å². The number of nitrogens with one attached hydrogen (secondary N) is 2. The molecule has 0 spiro atoms. The molecule has 2 amide bonds. The molecule has 9 heteroatoms. The zero-order chi connectivity index (χ0) is 21.0. The molecule has 0 aliphatic carbocycles. The molecule has 2 aromatic rings. The Hall–Kier alpha value is -2.23. The molecule has 1 aliphatic rings. The lowest BCUT2D eigenvalue weighted by atomic mass is 10.1. The molecule has 1 fully saturated rings. The minimum absolute atomic E-state index is 0.0721. The summed E-state index contributed by atoms with van der Waals surface area (Å²) < 4.78 is 27.6. The predicted octanol–water partition coefficient (Wildman–Crippen LogP) is 2.06. The van der Waals surface area contributed by atoms with Crippen molar-refractivity contribution in [3.05, 3.63) is 52.4 Å². The van der Waals surface area contributed by atoms with Crippen molar-refractivity contribution in [3.63, 3.8) is 0 Å². The van der Waals surface area contributed by atoms with E-state index in [-0.39, 0.29) is 24.4 Å². The van der Waals surface area contributed by atoms with Crippen LogP contribution in [0.4, 0.5) is 0 Å². The lowest BCUT2D eigenvalue weighted by Gasteiger charge is -2.32. The molecule has 0 atom stereocenters. The van der Waals surface area contributed by atoms with Gasteiger partial charge in [0.1, 0.15) is 4.21 Å². The third kappa shape index (κ3) is 5.43. The highest BCUT2D eigenvalue weighted by Gasteiger charge is 2.27. The van der Waals surface area contributed by atoms with E-state index in [9.17, 15) is 18.0 Å². The van der Waals surface area contributed by atoms with Gasteiger partial charge in [0, 0.05) is 24.7 Å². The van der Waals surface area contributed by atoms with E-state index in [1.54, 1.807) is 34.5 Å². The first-order valence-corrected chi connectivity index (χ1v) is 11.8. The predicted molar refractivity (Wildman–Crippen MR) is 112 cm³/mol. The van der Waals surface area contributed by atoms with Crippen LogP contribution < -0.4 is 10.0 Å². The van der Waals surface area contributed by atoms with E-state index in [0.717, 1.165) is 11.1 Å². The van der Waals surface area contributed by atoms with Gasteiger partial charge in [-0.1, -0.05) is 12.1 Å². The third-order valence-electron chi connectivity index (χ3n) is 5.10. The Labute approximate surface area is 175 Å². The molecule has 0 unspecified atom stereocenters. The second-order valence-electron chi connectivity index (χ2n) is 7.19. The first-order valence-electron chi connectivity index (χ1n) is 9.45. The van der Waals surface area contributed by atoms with Gasteiger partial charge in [-0.15, -0.1) is 11.3 Å². The van der Waals surface area contributed by atoms with Crippen molar-refractivity contribution < 1.29 is 18.0 Å². The second kappa shape index (κ2) is 9.06. The van der Waals surface area contributed by atoms with Crippen molar-refractivity contribution in [1.29, 1.82) is 0 Å². The highest BCUT2D eigenvalue weighted by atomic mass is 32.2. The highest BCUT2D eigenvalue weighted by molar-refractivity contribution is 7.91. The first-order chi connectivity index (χ1) is 13.8. The highest BCUT2D eigenvalue weighted by Crippen LogP contribution is 2.19. The Morgan fingerprint density at radius 1 is 1.14 bits per heavy atom. The van der Waals surface area contributed by atoms with Crippen molar-refractivity contribution in [2.24, 2.45) is 0 Å². The summed E-state index contributed by atoms with van der Waals surface area (Å²) in [5, 5.41) is 4.39. The average Bonchev–Trinajstić information content (AvgIpc) is 3.24. The number of piperidine rings is 1. The van der Waals surface area contributed by atoms with Crippen LogP contribution in [-0.4, -0.2) is 50.8 Å². The Morgan fingerprint density at radius 2 is 1.86 bits per heavy atom. The lowest BCUT2D eigenvalue weighted by Crippen LogP contribution is -2.48. The molecule has 2 heterocycles. The maximum Gasteiger partial charge on any atom is 0.251 e.